The van der Waals surface area contributed by atoms with Crippen LogP contribution in [0.3, 0.4) is 0 Å². The number of aliphatic carboxylic acids is 1. The van der Waals surface area contributed by atoms with Gasteiger partial charge < -0.3 is 14.8 Å². The Morgan fingerprint density at radius 1 is 1.28 bits per heavy atom. The maximum Gasteiger partial charge on any atom is 0.306 e. The molecule has 94 valence electrons. The molecule has 18 heavy (non-hydrogen) atoms. The zero-order valence-electron chi connectivity index (χ0n) is 9.61. The Morgan fingerprint density at radius 3 is 2.72 bits per heavy atom. The van der Waals surface area contributed by atoms with Gasteiger partial charge in [-0.25, -0.2) is 0 Å². The molecule has 0 amide bonds. The fourth-order valence-corrected chi connectivity index (χ4v) is 1.87. The molecule has 0 fully saturated rings. The van der Waals surface area contributed by atoms with E-state index in [0.29, 0.717) is 5.39 Å². The van der Waals surface area contributed by atoms with Gasteiger partial charge in [0.2, 0.25) is 0 Å². The normalized spacial score (nSPS) is 12.5. The van der Waals surface area contributed by atoms with E-state index >= 15 is 0 Å². The second kappa shape index (κ2) is 5.01. The van der Waals surface area contributed by atoms with E-state index in [1.54, 1.807) is 24.4 Å². The van der Waals surface area contributed by atoms with Crippen molar-refractivity contribution in [2.24, 2.45) is 0 Å². The molecule has 0 spiro atoms. The molecule has 0 radical (unpaired) electrons. The first-order chi connectivity index (χ1) is 8.58. The highest BCUT2D eigenvalue weighted by molar-refractivity contribution is 5.81. The molecular weight excluding hydrogens is 234 g/mol. The van der Waals surface area contributed by atoms with Crippen LogP contribution in [0.4, 0.5) is 0 Å². The molecule has 2 aromatic rings. The highest BCUT2D eigenvalue weighted by atomic mass is 16.4. The van der Waals surface area contributed by atoms with Crippen LogP contribution >= 0.6 is 0 Å². The number of fused-ring (bicyclic) bond motifs is 1. The van der Waals surface area contributed by atoms with Crippen molar-refractivity contribution in [2.75, 3.05) is 0 Å². The van der Waals surface area contributed by atoms with Crippen molar-refractivity contribution in [1.82, 2.24) is 4.57 Å². The van der Waals surface area contributed by atoms with Gasteiger partial charge in [-0.1, -0.05) is 18.2 Å². The number of hydrogen-bond acceptors (Lipinski definition) is 3. The van der Waals surface area contributed by atoms with Crippen LogP contribution in [-0.4, -0.2) is 26.9 Å². The van der Waals surface area contributed by atoms with Crippen molar-refractivity contribution in [3.05, 3.63) is 46.9 Å². The lowest BCUT2D eigenvalue weighted by atomic mass is 10.1. The molecule has 0 aliphatic carbocycles. The van der Waals surface area contributed by atoms with Crippen molar-refractivity contribution in [2.45, 2.75) is 19.1 Å². The molecule has 1 aromatic heterocycles. The van der Waals surface area contributed by atoms with Crippen molar-refractivity contribution >= 4 is 16.7 Å². The number of benzene rings is 1. The highest BCUT2D eigenvalue weighted by Crippen LogP contribution is 2.08. The molecule has 0 aliphatic heterocycles. The fourth-order valence-electron chi connectivity index (χ4n) is 1.87. The number of aliphatic hydroxyl groups is 1. The predicted molar refractivity (Wildman–Crippen MR) is 66.5 cm³/mol. The molecule has 0 aliphatic rings. The molecular formula is C13H13NO4. The van der Waals surface area contributed by atoms with Crippen molar-refractivity contribution in [3.63, 3.8) is 0 Å². The molecule has 0 bridgehead atoms. The molecule has 2 rings (SSSR count). The first kappa shape index (κ1) is 12.3. The Balaban J connectivity index is 2.32. The Labute approximate surface area is 103 Å². The molecule has 5 heteroatoms. The zero-order valence-corrected chi connectivity index (χ0v) is 9.61. The molecule has 1 atom stereocenters. The number of hydrogen-bond donors (Lipinski definition) is 2. The van der Waals surface area contributed by atoms with E-state index in [9.17, 15) is 14.7 Å². The van der Waals surface area contributed by atoms with Gasteiger partial charge in [0.1, 0.15) is 0 Å². The summed E-state index contributed by atoms with van der Waals surface area (Å²) in [5.74, 6) is -1.09. The number of rotatable bonds is 4. The topological polar surface area (TPSA) is 79.5 Å². The number of aromatic nitrogens is 1. The number of carbonyl (C=O) groups is 1. The minimum atomic E-state index is -1.09. The summed E-state index contributed by atoms with van der Waals surface area (Å²) < 4.78 is 1.33. The summed E-state index contributed by atoms with van der Waals surface area (Å²) >= 11 is 0. The van der Waals surface area contributed by atoms with Crippen LogP contribution in [-0.2, 0) is 11.3 Å². The van der Waals surface area contributed by atoms with Crippen LogP contribution in [0, 0.1) is 0 Å². The minimum absolute atomic E-state index is 0.0179. The van der Waals surface area contributed by atoms with Crippen LogP contribution in [0.25, 0.3) is 10.8 Å². The van der Waals surface area contributed by atoms with E-state index in [1.165, 1.54) is 4.57 Å². The Kier molecular flexibility index (Phi) is 3.43. The van der Waals surface area contributed by atoms with Gasteiger partial charge in [0.15, 0.2) is 0 Å². The van der Waals surface area contributed by atoms with Gasteiger partial charge in [0.25, 0.3) is 5.56 Å². The number of nitrogens with zero attached hydrogens (tertiary/aromatic N) is 1. The van der Waals surface area contributed by atoms with E-state index in [-0.39, 0.29) is 18.5 Å². The summed E-state index contributed by atoms with van der Waals surface area (Å²) in [7, 11) is 0. The number of pyridine rings is 1. The van der Waals surface area contributed by atoms with Gasteiger partial charge in [-0.3, -0.25) is 9.59 Å². The van der Waals surface area contributed by atoms with Gasteiger partial charge in [0, 0.05) is 11.6 Å². The van der Waals surface area contributed by atoms with Crippen LogP contribution in [0.15, 0.2) is 41.3 Å². The second-order valence-corrected chi connectivity index (χ2v) is 4.11. The number of carboxylic acid groups (broad SMARTS) is 1. The van der Waals surface area contributed by atoms with Crippen molar-refractivity contribution in [1.29, 1.82) is 0 Å². The largest absolute Gasteiger partial charge is 0.481 e. The van der Waals surface area contributed by atoms with E-state index in [1.807, 2.05) is 12.1 Å². The summed E-state index contributed by atoms with van der Waals surface area (Å²) in [5.41, 5.74) is -0.225. The third kappa shape index (κ3) is 2.57. The maximum absolute atomic E-state index is 12.1. The van der Waals surface area contributed by atoms with Crippen LogP contribution in [0.1, 0.15) is 6.42 Å². The summed E-state index contributed by atoms with van der Waals surface area (Å²) in [4.78, 5) is 22.5. The van der Waals surface area contributed by atoms with Crippen molar-refractivity contribution < 1.29 is 15.0 Å². The zero-order chi connectivity index (χ0) is 13.1. The molecule has 5 nitrogen and oxygen atoms in total. The molecule has 1 aromatic carbocycles. The summed E-state index contributed by atoms with van der Waals surface area (Å²) in [6.07, 6.45) is 0.121. The molecule has 2 N–H and O–H groups in total. The molecule has 0 saturated heterocycles. The summed E-state index contributed by atoms with van der Waals surface area (Å²) in [6, 6.07) is 8.91. The lowest BCUT2D eigenvalue weighted by molar-refractivity contribution is -0.139. The SMILES string of the molecule is O=C(O)CC(O)Cn1ccc2ccccc2c1=O. The third-order valence-corrected chi connectivity index (χ3v) is 2.70. The van der Waals surface area contributed by atoms with E-state index < -0.39 is 12.1 Å². The monoisotopic (exact) mass is 247 g/mol. The lowest BCUT2D eigenvalue weighted by Gasteiger charge is -2.11. The van der Waals surface area contributed by atoms with Gasteiger partial charge in [-0.05, 0) is 17.5 Å². The summed E-state index contributed by atoms with van der Waals surface area (Å²) in [5, 5.41) is 19.5. The predicted octanol–water partition coefficient (Wildman–Crippen LogP) is 0.837. The number of carboxylic acids is 1. The third-order valence-electron chi connectivity index (χ3n) is 2.70. The van der Waals surface area contributed by atoms with Gasteiger partial charge in [0.05, 0.1) is 19.1 Å². The van der Waals surface area contributed by atoms with Gasteiger partial charge in [-0.15, -0.1) is 0 Å². The van der Waals surface area contributed by atoms with E-state index in [0.717, 1.165) is 5.39 Å². The summed E-state index contributed by atoms with van der Waals surface area (Å²) in [6.45, 7) is -0.0179. The quantitative estimate of drug-likeness (QED) is 0.839. The molecule has 0 saturated carbocycles. The number of aliphatic hydroxyl groups excluding tert-OH is 1. The van der Waals surface area contributed by atoms with Crippen LogP contribution in [0.5, 0.6) is 0 Å². The Morgan fingerprint density at radius 2 is 2.00 bits per heavy atom. The molecule has 1 heterocycles. The lowest BCUT2D eigenvalue weighted by Crippen LogP contribution is -2.27. The van der Waals surface area contributed by atoms with Crippen molar-refractivity contribution in [3.8, 4) is 0 Å². The van der Waals surface area contributed by atoms with Gasteiger partial charge in [-0.2, -0.15) is 0 Å². The van der Waals surface area contributed by atoms with Gasteiger partial charge >= 0.3 is 5.97 Å². The Bertz CT molecular complexity index is 632. The minimum Gasteiger partial charge on any atom is -0.481 e. The van der Waals surface area contributed by atoms with E-state index in [4.69, 9.17) is 5.11 Å². The van der Waals surface area contributed by atoms with Crippen LogP contribution < -0.4 is 5.56 Å². The fraction of sp³-hybridized carbons (Fsp3) is 0.231. The first-order valence-corrected chi connectivity index (χ1v) is 5.56. The average Bonchev–Trinajstić information content (AvgIpc) is 2.32. The molecule has 1 unspecified atom stereocenters. The highest BCUT2D eigenvalue weighted by Gasteiger charge is 2.11. The maximum atomic E-state index is 12.1. The Hall–Kier alpha value is -2.14. The first-order valence-electron chi connectivity index (χ1n) is 5.56. The van der Waals surface area contributed by atoms with Crippen LogP contribution in [0.2, 0.25) is 0 Å². The smallest absolute Gasteiger partial charge is 0.306 e. The van der Waals surface area contributed by atoms with E-state index in [2.05, 4.69) is 0 Å². The second-order valence-electron chi connectivity index (χ2n) is 4.11. The standard InChI is InChI=1S/C13H13NO4/c15-10(7-12(16)17)8-14-6-5-9-3-1-2-4-11(9)13(14)18/h1-6,10,15H,7-8H2,(H,16,17). The average molecular weight is 247 g/mol.